The van der Waals surface area contributed by atoms with E-state index in [1.54, 1.807) is 0 Å². The van der Waals surface area contributed by atoms with Crippen molar-refractivity contribution in [3.63, 3.8) is 0 Å². The lowest BCUT2D eigenvalue weighted by Crippen LogP contribution is -2.30. The average molecular weight is 342 g/mol. The number of aliphatic hydroxyl groups is 1. The van der Waals surface area contributed by atoms with E-state index in [0.717, 1.165) is 6.42 Å². The molecule has 0 bridgehead atoms. The molecule has 0 aliphatic rings. The van der Waals surface area contributed by atoms with Gasteiger partial charge in [0.2, 0.25) is 5.76 Å². The topological polar surface area (TPSA) is 75.4 Å². The van der Waals surface area contributed by atoms with Crippen molar-refractivity contribution in [1.82, 2.24) is 10.5 Å². The Morgan fingerprint density at radius 3 is 2.46 bits per heavy atom. The van der Waals surface area contributed by atoms with E-state index in [2.05, 4.69) is 10.5 Å². The van der Waals surface area contributed by atoms with Crippen LogP contribution in [0.5, 0.6) is 0 Å². The molecule has 1 amide bonds. The molecule has 5 nitrogen and oxygen atoms in total. The van der Waals surface area contributed by atoms with E-state index in [4.69, 9.17) is 4.52 Å². The number of amides is 1. The summed E-state index contributed by atoms with van der Waals surface area (Å²) in [5.41, 5.74) is 0.492. The van der Waals surface area contributed by atoms with Crippen LogP contribution in [0.25, 0.3) is 0 Å². The molecule has 2 N–H and O–H groups in total. The van der Waals surface area contributed by atoms with Gasteiger partial charge in [0, 0.05) is 12.0 Å². The van der Waals surface area contributed by atoms with E-state index >= 15 is 0 Å². The zero-order valence-electron chi connectivity index (χ0n) is 13.1. The largest absolute Gasteiger partial charge is 0.394 e. The van der Waals surface area contributed by atoms with Crippen LogP contribution in [0.2, 0.25) is 0 Å². The van der Waals surface area contributed by atoms with Crippen LogP contribution in [-0.2, 0) is 0 Å². The normalized spacial score (nSPS) is 13.6. The van der Waals surface area contributed by atoms with Crippen molar-refractivity contribution in [2.24, 2.45) is 0 Å². The molecule has 0 saturated heterocycles. The number of carbonyl (C=O) groups is 1. The van der Waals surface area contributed by atoms with E-state index in [-0.39, 0.29) is 17.2 Å². The van der Waals surface area contributed by atoms with Gasteiger partial charge >= 0.3 is 0 Å². The second-order valence-corrected chi connectivity index (χ2v) is 5.43. The van der Waals surface area contributed by atoms with Gasteiger partial charge in [-0.1, -0.05) is 19.0 Å². The first-order valence-corrected chi connectivity index (χ1v) is 7.40. The number of aliphatic hydroxyl groups excluding tert-OH is 1. The predicted molar refractivity (Wildman–Crippen MR) is 78.8 cm³/mol. The molecule has 0 aliphatic heterocycles. The summed E-state index contributed by atoms with van der Waals surface area (Å²) < 4.78 is 44.5. The quantitative estimate of drug-likeness (QED) is 0.791. The minimum Gasteiger partial charge on any atom is -0.394 e. The molecule has 1 aromatic heterocycles. The Morgan fingerprint density at radius 1 is 1.29 bits per heavy atom. The molecule has 2 aromatic rings. The summed E-state index contributed by atoms with van der Waals surface area (Å²) in [7, 11) is 0. The lowest BCUT2D eigenvalue weighted by molar-refractivity contribution is 0.0878. The number of nitrogens with one attached hydrogen (secondary N) is 1. The molecular formula is C16H17F3N2O3. The third kappa shape index (κ3) is 3.76. The Morgan fingerprint density at radius 2 is 1.92 bits per heavy atom. The molecule has 0 fully saturated rings. The van der Waals surface area contributed by atoms with E-state index in [9.17, 15) is 23.1 Å². The van der Waals surface area contributed by atoms with Gasteiger partial charge in [-0.2, -0.15) is 0 Å². The Labute approximate surface area is 136 Å². The summed E-state index contributed by atoms with van der Waals surface area (Å²) in [5, 5.41) is 15.5. The second kappa shape index (κ2) is 7.48. The van der Waals surface area contributed by atoms with Crippen molar-refractivity contribution in [3.05, 3.63) is 52.7 Å². The third-order valence-electron chi connectivity index (χ3n) is 3.77. The zero-order valence-corrected chi connectivity index (χ0v) is 13.1. The molecule has 130 valence electrons. The fraction of sp³-hybridized carbons (Fsp3) is 0.375. The Balaban J connectivity index is 2.18. The number of aromatic nitrogens is 1. The summed E-state index contributed by atoms with van der Waals surface area (Å²) in [6.07, 6.45) is 0.807. The first-order valence-electron chi connectivity index (χ1n) is 7.40. The highest BCUT2D eigenvalue weighted by atomic mass is 19.2. The van der Waals surface area contributed by atoms with Crippen LogP contribution in [0.1, 0.15) is 54.0 Å². The van der Waals surface area contributed by atoms with Gasteiger partial charge < -0.3 is 14.9 Å². The van der Waals surface area contributed by atoms with Gasteiger partial charge in [0.25, 0.3) is 5.91 Å². The van der Waals surface area contributed by atoms with Crippen LogP contribution < -0.4 is 5.32 Å². The second-order valence-electron chi connectivity index (χ2n) is 5.43. The molecule has 24 heavy (non-hydrogen) atoms. The minimum absolute atomic E-state index is 0.0909. The first-order chi connectivity index (χ1) is 11.4. The van der Waals surface area contributed by atoms with Gasteiger partial charge in [-0.25, -0.2) is 13.2 Å². The highest BCUT2D eigenvalue weighted by Gasteiger charge is 2.22. The zero-order chi connectivity index (χ0) is 17.9. The van der Waals surface area contributed by atoms with Crippen LogP contribution >= 0.6 is 0 Å². The van der Waals surface area contributed by atoms with Crippen LogP contribution in [-0.4, -0.2) is 22.8 Å². The minimum atomic E-state index is -1.62. The maximum absolute atomic E-state index is 13.3. The highest BCUT2D eigenvalue weighted by molar-refractivity contribution is 5.91. The lowest BCUT2D eigenvalue weighted by Gasteiger charge is -2.16. The highest BCUT2D eigenvalue weighted by Crippen LogP contribution is 2.21. The molecule has 2 atom stereocenters. The van der Waals surface area contributed by atoms with Crippen molar-refractivity contribution in [2.45, 2.75) is 32.2 Å². The van der Waals surface area contributed by atoms with Crippen molar-refractivity contribution in [2.75, 3.05) is 6.61 Å². The van der Waals surface area contributed by atoms with Gasteiger partial charge in [0.1, 0.15) is 0 Å². The summed E-state index contributed by atoms with van der Waals surface area (Å²) >= 11 is 0. The number of benzene rings is 1. The van der Waals surface area contributed by atoms with Crippen molar-refractivity contribution in [3.8, 4) is 0 Å². The van der Waals surface area contributed by atoms with Crippen LogP contribution in [0.4, 0.5) is 13.2 Å². The summed E-state index contributed by atoms with van der Waals surface area (Å²) in [4.78, 5) is 12.1. The molecule has 0 aliphatic carbocycles. The molecule has 1 heterocycles. The fourth-order valence-electron chi connectivity index (χ4n) is 2.08. The van der Waals surface area contributed by atoms with E-state index in [1.165, 1.54) is 6.07 Å². The summed E-state index contributed by atoms with van der Waals surface area (Å²) in [6.45, 7) is 3.24. The van der Waals surface area contributed by atoms with Crippen LogP contribution in [0.3, 0.4) is 0 Å². The maximum Gasteiger partial charge on any atom is 0.290 e. The van der Waals surface area contributed by atoms with Crippen molar-refractivity contribution >= 4 is 5.91 Å². The van der Waals surface area contributed by atoms with Crippen molar-refractivity contribution in [1.29, 1.82) is 0 Å². The van der Waals surface area contributed by atoms with E-state index < -0.39 is 36.0 Å². The van der Waals surface area contributed by atoms with Gasteiger partial charge in [0.15, 0.2) is 17.5 Å². The molecular weight excluding hydrogens is 325 g/mol. The SMILES string of the molecule is CCC(C)c1cc(C(=O)NC(CO)c2cc(F)c(F)c(F)c2)on1. The summed E-state index contributed by atoms with van der Waals surface area (Å²) in [6, 6.07) is 1.76. The standard InChI is InChI=1S/C16H17F3N2O3/c1-3-8(2)12-6-14(24-21-12)16(23)20-13(7-22)9-4-10(17)15(19)11(18)5-9/h4-6,8,13,22H,3,7H2,1-2H3,(H,20,23). The first kappa shape index (κ1) is 18.0. The number of hydrogen-bond acceptors (Lipinski definition) is 4. The lowest BCUT2D eigenvalue weighted by atomic mass is 10.0. The molecule has 0 spiro atoms. The van der Waals surface area contributed by atoms with Crippen LogP contribution in [0, 0.1) is 17.5 Å². The third-order valence-corrected chi connectivity index (χ3v) is 3.77. The summed E-state index contributed by atoms with van der Waals surface area (Å²) in [5.74, 6) is -5.12. The Kier molecular flexibility index (Phi) is 5.61. The number of nitrogens with zero attached hydrogens (tertiary/aromatic N) is 1. The van der Waals surface area contributed by atoms with Crippen LogP contribution in [0.15, 0.2) is 22.7 Å². The number of rotatable bonds is 6. The molecule has 0 saturated carbocycles. The van der Waals surface area contributed by atoms with Crippen molar-refractivity contribution < 1.29 is 27.6 Å². The molecule has 1 aromatic carbocycles. The van der Waals surface area contributed by atoms with E-state index in [0.29, 0.717) is 17.8 Å². The predicted octanol–water partition coefficient (Wildman–Crippen LogP) is 3.07. The maximum atomic E-state index is 13.3. The smallest absolute Gasteiger partial charge is 0.290 e. The van der Waals surface area contributed by atoms with Gasteiger partial charge in [0.05, 0.1) is 18.3 Å². The van der Waals surface area contributed by atoms with Gasteiger partial charge in [-0.3, -0.25) is 4.79 Å². The molecule has 0 radical (unpaired) electrons. The van der Waals surface area contributed by atoms with E-state index in [1.807, 2.05) is 13.8 Å². The Hall–Kier alpha value is -2.35. The molecule has 2 rings (SSSR count). The van der Waals surface area contributed by atoms with Gasteiger partial charge in [-0.15, -0.1) is 0 Å². The molecule has 8 heteroatoms. The number of carbonyl (C=O) groups excluding carboxylic acids is 1. The fourth-order valence-corrected chi connectivity index (χ4v) is 2.08. The average Bonchev–Trinajstić information content (AvgIpc) is 3.06. The Bertz CT molecular complexity index is 710. The monoisotopic (exact) mass is 342 g/mol. The number of halogens is 3. The number of hydrogen-bond donors (Lipinski definition) is 2. The molecule has 2 unspecified atom stereocenters. The van der Waals surface area contributed by atoms with Gasteiger partial charge in [-0.05, 0) is 24.1 Å².